The molecule has 1 aliphatic heterocycles. The van der Waals surface area contributed by atoms with Gasteiger partial charge in [0.15, 0.2) is 11.5 Å². The average Bonchev–Trinajstić information content (AvgIpc) is 3.48. The van der Waals surface area contributed by atoms with Gasteiger partial charge in [-0.15, -0.1) is 0 Å². The van der Waals surface area contributed by atoms with Crippen LogP contribution < -0.4 is 9.62 Å². The molecule has 3 aromatic heterocycles. The fraction of sp³-hybridized carbons (Fsp3) is 0.375. The summed E-state index contributed by atoms with van der Waals surface area (Å²) in [5.41, 5.74) is 2.88. The van der Waals surface area contributed by atoms with Crippen LogP contribution in [0.1, 0.15) is 43.3 Å². The number of anilines is 3. The molecule has 1 fully saturated rings. The summed E-state index contributed by atoms with van der Waals surface area (Å²) in [6.45, 7) is 2.34. The molecule has 1 aromatic carbocycles. The molecule has 1 aliphatic rings. The molecule has 10 nitrogen and oxygen atoms in total. The van der Waals surface area contributed by atoms with Gasteiger partial charge in [-0.25, -0.2) is 31.8 Å². The van der Waals surface area contributed by atoms with Gasteiger partial charge in [-0.3, -0.25) is 8.87 Å². The Hall–Kier alpha value is -3.29. The van der Waals surface area contributed by atoms with Gasteiger partial charge in [-0.2, -0.15) is 5.10 Å². The van der Waals surface area contributed by atoms with Crippen LogP contribution in [0, 0.1) is 6.92 Å². The Balaban J connectivity index is 1.65. The zero-order valence-electron chi connectivity index (χ0n) is 20.9. The Morgan fingerprint density at radius 3 is 2.63 bits per heavy atom. The first-order valence-electron chi connectivity index (χ1n) is 11.9. The number of aromatic nitrogens is 5. The number of imidazole rings is 1. The van der Waals surface area contributed by atoms with Crippen LogP contribution in [0.25, 0.3) is 16.9 Å². The van der Waals surface area contributed by atoms with Crippen LogP contribution in [0.2, 0.25) is 5.15 Å². The third kappa shape index (κ3) is 5.05. The van der Waals surface area contributed by atoms with E-state index in [9.17, 15) is 17.2 Å². The van der Waals surface area contributed by atoms with Gasteiger partial charge in [-0.1, -0.05) is 11.6 Å². The maximum atomic E-state index is 14.1. The molecule has 38 heavy (non-hydrogen) atoms. The van der Waals surface area contributed by atoms with Gasteiger partial charge in [0.1, 0.15) is 16.9 Å². The quantitative estimate of drug-likeness (QED) is 0.301. The molecule has 0 amide bonds. The van der Waals surface area contributed by atoms with Crippen molar-refractivity contribution in [2.75, 3.05) is 29.5 Å². The second kappa shape index (κ2) is 10.1. The molecular formula is C24H26ClF2N7O3S. The number of nitrogens with zero attached hydrogens (tertiary/aromatic N) is 6. The Morgan fingerprint density at radius 2 is 2.00 bits per heavy atom. The van der Waals surface area contributed by atoms with Crippen LogP contribution in [0.15, 0.2) is 36.7 Å². The highest BCUT2D eigenvalue weighted by molar-refractivity contribution is 7.92. The van der Waals surface area contributed by atoms with Crippen molar-refractivity contribution in [3.8, 4) is 5.69 Å². The second-order valence-electron chi connectivity index (χ2n) is 9.15. The van der Waals surface area contributed by atoms with Crippen molar-refractivity contribution < 1.29 is 21.9 Å². The van der Waals surface area contributed by atoms with E-state index in [0.717, 1.165) is 29.0 Å². The molecule has 1 N–H and O–H groups in total. The van der Waals surface area contributed by atoms with Crippen molar-refractivity contribution in [2.24, 2.45) is 0 Å². The summed E-state index contributed by atoms with van der Waals surface area (Å²) in [6.07, 6.45) is 3.29. The summed E-state index contributed by atoms with van der Waals surface area (Å²) >= 11 is 6.33. The smallest absolute Gasteiger partial charge is 0.295 e. The first kappa shape index (κ1) is 26.3. The lowest BCUT2D eigenvalue weighted by atomic mass is 10.2. The monoisotopic (exact) mass is 565 g/mol. The van der Waals surface area contributed by atoms with Crippen molar-refractivity contribution in [1.82, 2.24) is 24.3 Å². The number of nitrogens with one attached hydrogen (secondary N) is 1. The molecule has 0 saturated carbocycles. The number of ether oxygens (including phenoxy) is 1. The normalized spacial score (nSPS) is 16.3. The molecule has 5 rings (SSSR count). The first-order chi connectivity index (χ1) is 18.0. The lowest BCUT2D eigenvalue weighted by Crippen LogP contribution is -2.25. The number of hydrogen-bond acceptors (Lipinski definition) is 7. The summed E-state index contributed by atoms with van der Waals surface area (Å²) in [4.78, 5) is 8.52. The molecular weight excluding hydrogens is 540 g/mol. The predicted molar refractivity (Wildman–Crippen MR) is 141 cm³/mol. The molecule has 4 aromatic rings. The van der Waals surface area contributed by atoms with Crippen LogP contribution in [-0.2, 0) is 14.8 Å². The van der Waals surface area contributed by atoms with Crippen LogP contribution in [0.4, 0.5) is 25.8 Å². The fourth-order valence-electron chi connectivity index (χ4n) is 4.42. The number of fused-ring (bicyclic) bond motifs is 1. The Morgan fingerprint density at radius 1 is 1.21 bits per heavy atom. The second-order valence-corrected chi connectivity index (χ2v) is 11.5. The molecule has 1 saturated heterocycles. The van der Waals surface area contributed by atoms with Gasteiger partial charge in [0.05, 0.1) is 35.2 Å². The van der Waals surface area contributed by atoms with E-state index in [1.54, 1.807) is 29.1 Å². The van der Waals surface area contributed by atoms with Gasteiger partial charge in [0.25, 0.3) is 6.43 Å². The van der Waals surface area contributed by atoms with Gasteiger partial charge in [0.2, 0.25) is 10.0 Å². The lowest BCUT2D eigenvalue weighted by Gasteiger charge is -2.25. The number of sulfonamides is 1. The van der Waals surface area contributed by atoms with Gasteiger partial charge in [-0.05, 0) is 49.9 Å². The van der Waals surface area contributed by atoms with E-state index >= 15 is 0 Å². The molecule has 0 bridgehead atoms. The van der Waals surface area contributed by atoms with E-state index in [1.165, 1.54) is 17.7 Å². The van der Waals surface area contributed by atoms with Gasteiger partial charge < -0.3 is 10.1 Å². The molecule has 0 spiro atoms. The van der Waals surface area contributed by atoms with Crippen LogP contribution in [0.5, 0.6) is 0 Å². The largest absolute Gasteiger partial charge is 0.358 e. The number of rotatable bonds is 7. The Labute approximate surface area is 223 Å². The lowest BCUT2D eigenvalue weighted by molar-refractivity contribution is -0.0363. The molecule has 14 heteroatoms. The van der Waals surface area contributed by atoms with E-state index in [4.69, 9.17) is 16.3 Å². The summed E-state index contributed by atoms with van der Waals surface area (Å²) in [7, 11) is -2.23. The third-order valence-corrected chi connectivity index (χ3v) is 7.73. The van der Waals surface area contributed by atoms with E-state index in [1.807, 2.05) is 13.1 Å². The predicted octanol–water partition coefficient (Wildman–Crippen LogP) is 5.35. The minimum absolute atomic E-state index is 0.0550. The molecule has 1 atom stereocenters. The Bertz CT molecular complexity index is 1600. The third-order valence-electron chi connectivity index (χ3n) is 6.35. The van der Waals surface area contributed by atoms with Crippen molar-refractivity contribution in [2.45, 2.75) is 38.8 Å². The number of aryl methyl sites for hydroxylation is 1. The van der Waals surface area contributed by atoms with Gasteiger partial charge >= 0.3 is 0 Å². The standard InChI is InChI=1S/C24H26ClF2N7O3S/c1-14-12-28-33(13-14)15-7-8-16(18(10-15)32(2)38(3,35)36)29-17-11-19(25)30-23-21(17)31-24(22(26)27)34(23)20-6-4-5-9-37-20/h7-8,10-13,20,22H,4-6,9H2,1-3H3,(H,29,30). The molecule has 4 heterocycles. The number of alkyl halides is 2. The molecule has 202 valence electrons. The van der Waals surface area contributed by atoms with Crippen molar-refractivity contribution >= 4 is 49.9 Å². The van der Waals surface area contributed by atoms with Crippen LogP contribution in [-0.4, -0.2) is 52.6 Å². The van der Waals surface area contributed by atoms with E-state index in [-0.39, 0.29) is 16.3 Å². The van der Waals surface area contributed by atoms with E-state index < -0.39 is 28.5 Å². The van der Waals surface area contributed by atoms with Crippen LogP contribution >= 0.6 is 11.6 Å². The fourth-order valence-corrected chi connectivity index (χ4v) is 5.11. The zero-order chi connectivity index (χ0) is 27.2. The summed E-state index contributed by atoms with van der Waals surface area (Å²) < 4.78 is 63.0. The highest BCUT2D eigenvalue weighted by Gasteiger charge is 2.29. The maximum absolute atomic E-state index is 14.1. The minimum atomic E-state index is -3.65. The van der Waals surface area contributed by atoms with Gasteiger partial charge in [0, 0.05) is 25.9 Å². The zero-order valence-corrected chi connectivity index (χ0v) is 22.5. The summed E-state index contributed by atoms with van der Waals surface area (Å²) in [5.74, 6) is -0.470. The van der Waals surface area contributed by atoms with E-state index in [0.29, 0.717) is 35.8 Å². The molecule has 0 aliphatic carbocycles. The van der Waals surface area contributed by atoms with E-state index in [2.05, 4.69) is 20.4 Å². The van der Waals surface area contributed by atoms with Crippen molar-refractivity contribution in [1.29, 1.82) is 0 Å². The number of benzene rings is 1. The minimum Gasteiger partial charge on any atom is -0.358 e. The summed E-state index contributed by atoms with van der Waals surface area (Å²) in [6, 6.07) is 6.56. The Kier molecular flexibility index (Phi) is 7.01. The first-order valence-corrected chi connectivity index (χ1v) is 14.1. The molecule has 0 radical (unpaired) electrons. The number of pyridine rings is 1. The van der Waals surface area contributed by atoms with Crippen molar-refractivity contribution in [3.63, 3.8) is 0 Å². The summed E-state index contributed by atoms with van der Waals surface area (Å²) in [5, 5.41) is 7.50. The highest BCUT2D eigenvalue weighted by Crippen LogP contribution is 2.38. The highest BCUT2D eigenvalue weighted by atomic mass is 35.5. The SMILES string of the molecule is Cc1cnn(-c2ccc(Nc3cc(Cl)nc4c3nc(C(F)F)n4C3CCCCO3)c(N(C)S(C)(=O)=O)c2)c1. The molecule has 1 unspecified atom stereocenters. The van der Waals surface area contributed by atoms with Crippen molar-refractivity contribution in [3.05, 3.63) is 53.2 Å². The maximum Gasteiger partial charge on any atom is 0.295 e. The number of halogens is 3. The topological polar surface area (TPSA) is 107 Å². The average molecular weight is 566 g/mol. The van der Waals surface area contributed by atoms with Crippen LogP contribution in [0.3, 0.4) is 0 Å². The number of hydrogen-bond donors (Lipinski definition) is 1.